The predicted molar refractivity (Wildman–Crippen MR) is 541 cm³/mol. The molecule has 6 aromatic carbocycles. The van der Waals surface area contributed by atoms with Crippen molar-refractivity contribution < 1.29 is 77.2 Å². The number of nitrogens with zero attached hydrogens (tertiary/aromatic N) is 12. The Morgan fingerprint density at radius 1 is 0.428 bits per heavy atom. The molecule has 9 heterocycles. The number of amides is 1. The number of nitrogen functional groups attached to an aromatic ring is 1. The molecule has 0 bridgehead atoms. The molecule has 11 aromatic rings. The van der Waals surface area contributed by atoms with Gasteiger partial charge in [0.05, 0.1) is 139 Å². The number of aromatic carboxylic acids is 1. The van der Waals surface area contributed by atoms with Crippen LogP contribution in [0, 0.1) is 13.8 Å². The maximum Gasteiger partial charge on any atom is 0.341 e. The fourth-order valence-corrected chi connectivity index (χ4v) is 17.6. The van der Waals surface area contributed by atoms with Gasteiger partial charge in [0.15, 0.2) is 0 Å². The smallest absolute Gasteiger partial charge is 0.341 e. The molecule has 0 unspecified atom stereocenters. The summed E-state index contributed by atoms with van der Waals surface area (Å²) in [6.07, 6.45) is 31.5. The molecule has 0 atom stereocenters. The van der Waals surface area contributed by atoms with Crippen LogP contribution >= 0.6 is 15.9 Å². The van der Waals surface area contributed by atoms with E-state index in [0.29, 0.717) is 80.7 Å². The summed E-state index contributed by atoms with van der Waals surface area (Å²) < 4.78 is 45.1. The zero-order valence-electron chi connectivity index (χ0n) is 81.9. The monoisotopic (exact) mass is 1960 g/mol. The highest BCUT2D eigenvalue weighted by Crippen LogP contribution is 2.34. The summed E-state index contributed by atoms with van der Waals surface area (Å²) >= 11 is 3.18. The standard InChI is InChI=1S/C25H32N6O2.C19H25N3O3.C17H21N3O3.C13H19NO2.C12H14O2.C11H14O.C6H8N2O2.C3H7BrO/c1-17-11-24(26)29-18(2)22(17)14-27-25(32)21-13-28-31(16-21)15-19-6-7-20-5-4-8-30(9-10-33-3)23(20)12-19;1-3-25-19(23)17-12-20-22(14-17)13-15-6-7-16-5-4-8-21(9-10-24-2)18(16)11-15;1-23-8-7-19-6-2-3-14-5-4-13(9-16(14)19)11-20-12-15(10-18-20)17(21)22;1-16-8-7-14-6-2-3-12-5-4-11(10-15)9-13(12)14;1-14-12(13)11-7-6-9-4-2-3-5-10(9)8-11;12-8-9-5-6-10-3-1-2-4-11(10)7-9;1-2-10-6(9)5-3-7-8-4-5;1-5-3-2-4/h6-7,11-13,16H,4-5,8-10,14-15H2,1-3H3,(H2,26,29)(H,27,32);6-7,11-12,14H,3-5,8-10,13H2,1-2H3;4-5,9-10,12H,2-3,6-8,11H2,1H3,(H,21,22);4-5,9,15H,2-3,6-8,10H2,1H3;6-8H,2-5H2,1H3;5-7,12H,1-4,8H2;3-4H,2H2,1H3,(H,7,8);2-3H2,1H3. The Balaban J connectivity index is 0.000000170. The maximum atomic E-state index is 12.7. The van der Waals surface area contributed by atoms with Gasteiger partial charge >= 0.3 is 23.9 Å². The van der Waals surface area contributed by atoms with Crippen LogP contribution in [0.4, 0.5) is 28.6 Å². The summed E-state index contributed by atoms with van der Waals surface area (Å²) in [6, 6.07) is 40.0. The number of methoxy groups -OCH3 is 6. The lowest BCUT2D eigenvalue weighted by molar-refractivity contribution is 0.0516. The number of nitrogens with one attached hydrogen (secondary N) is 2. The first-order valence-electron chi connectivity index (χ1n) is 47.8. The topological polar surface area (TPSA) is 366 Å². The van der Waals surface area contributed by atoms with Gasteiger partial charge in [-0.1, -0.05) is 88.7 Å². The second kappa shape index (κ2) is 57.9. The molecule has 0 fully saturated rings. The van der Waals surface area contributed by atoms with Gasteiger partial charge in [-0.3, -0.25) is 23.9 Å². The van der Waals surface area contributed by atoms with Gasteiger partial charge in [0.25, 0.3) is 5.91 Å². The lowest BCUT2D eigenvalue weighted by Gasteiger charge is -2.31. The number of fused-ring (bicyclic) bond motifs is 6. The minimum atomic E-state index is -0.951. The van der Waals surface area contributed by atoms with Crippen LogP contribution in [0.25, 0.3) is 0 Å². The fourth-order valence-electron chi connectivity index (χ4n) is 17.3. The molecule has 2 aliphatic carbocycles. The number of alkyl halides is 1. The average Bonchev–Trinajstić information content (AvgIpc) is 1.29. The van der Waals surface area contributed by atoms with Gasteiger partial charge in [-0.2, -0.15) is 20.4 Å². The van der Waals surface area contributed by atoms with Crippen LogP contribution in [0.1, 0.15) is 206 Å². The number of hydrogen-bond donors (Lipinski definition) is 6. The first-order chi connectivity index (χ1) is 67.1. The first-order valence-corrected chi connectivity index (χ1v) is 48.9. The number of hydrogen-bond acceptors (Lipinski definition) is 25. The number of aliphatic hydroxyl groups is 2. The van der Waals surface area contributed by atoms with Crippen LogP contribution in [0.3, 0.4) is 0 Å². The number of aromatic amines is 1. The molecule has 138 heavy (non-hydrogen) atoms. The van der Waals surface area contributed by atoms with Crippen LogP contribution in [0.15, 0.2) is 165 Å². The van der Waals surface area contributed by atoms with Gasteiger partial charge in [0.1, 0.15) is 5.82 Å². The number of benzene rings is 6. The largest absolute Gasteiger partial charge is 0.478 e. The zero-order chi connectivity index (χ0) is 98.5. The lowest BCUT2D eigenvalue weighted by Crippen LogP contribution is -2.32. The van der Waals surface area contributed by atoms with Gasteiger partial charge in [-0.15, -0.1) is 0 Å². The number of rotatable bonds is 31. The second-order valence-electron chi connectivity index (χ2n) is 34.3. The summed E-state index contributed by atoms with van der Waals surface area (Å²) in [5.74, 6) is -1.52. The van der Waals surface area contributed by atoms with E-state index in [1.165, 1.54) is 156 Å². The number of H-pyrrole nitrogens is 1. The molecular formula is C106H140BrN15O16. The number of halogens is 1. The van der Waals surface area contributed by atoms with Gasteiger partial charge in [0, 0.05) is 153 Å². The molecule has 0 spiro atoms. The van der Waals surface area contributed by atoms with Crippen LogP contribution < -0.4 is 30.7 Å². The van der Waals surface area contributed by atoms with E-state index in [0.717, 1.165) is 162 Å². The predicted octanol–water partition coefficient (Wildman–Crippen LogP) is 15.0. The summed E-state index contributed by atoms with van der Waals surface area (Å²) in [5.41, 5.74) is 32.7. The van der Waals surface area contributed by atoms with E-state index in [1.807, 2.05) is 44.2 Å². The first kappa shape index (κ1) is 108. The number of aryl methyl sites for hydroxylation is 10. The molecule has 6 aliphatic rings. The van der Waals surface area contributed by atoms with Gasteiger partial charge < -0.3 is 83.9 Å². The summed E-state index contributed by atoms with van der Waals surface area (Å²) in [4.78, 5) is 71.2. The molecule has 1 amide bonds. The normalized spacial score (nSPS) is 13.5. The summed E-state index contributed by atoms with van der Waals surface area (Å²) in [6.45, 7) is 22.3. The van der Waals surface area contributed by atoms with Crippen molar-refractivity contribution in [1.82, 2.24) is 49.8 Å². The molecule has 31 nitrogen and oxygen atoms in total. The SMILES string of the molecule is CCOC(=O)c1cn[nH]c1.CCOC(=O)c1cnn(Cc2ccc3c(c2)N(CCOC)CCC3)c1.COC(=O)c1ccc2c(c1)CCCC2.COCCBr.COCCN1CCCc2ccc(CO)cc21.COCCN1CCCc2ccc(Cn3cc(C(=O)NCc4c(C)cc(N)nc4C)cn3)cc21.COCCN1CCCc2ccc(Cn3cc(C(=O)O)cn3)cc21.OCc1ccc2c(c1)CCCC2. The third kappa shape index (κ3) is 33.3. The zero-order valence-corrected chi connectivity index (χ0v) is 83.5. The molecule has 0 radical (unpaired) electrons. The van der Waals surface area contributed by atoms with Crippen molar-refractivity contribution in [1.29, 1.82) is 0 Å². The fraction of sp³-hybridized carbons (Fsp3) is 0.453. The average molecular weight is 1960 g/mol. The number of aromatic nitrogens is 9. The number of carbonyl (C=O) groups is 5. The number of carboxylic acids is 1. The Morgan fingerprint density at radius 2 is 0.804 bits per heavy atom. The Morgan fingerprint density at radius 3 is 1.20 bits per heavy atom. The number of carboxylic acid groups (broad SMARTS) is 1. The highest BCUT2D eigenvalue weighted by Gasteiger charge is 2.24. The van der Waals surface area contributed by atoms with Gasteiger partial charge in [-0.25, -0.2) is 24.2 Å². The highest BCUT2D eigenvalue weighted by molar-refractivity contribution is 9.09. The van der Waals surface area contributed by atoms with E-state index in [1.54, 1.807) is 94.4 Å². The van der Waals surface area contributed by atoms with E-state index in [4.69, 9.17) is 44.7 Å². The molecule has 5 aromatic heterocycles. The maximum absolute atomic E-state index is 12.7. The summed E-state index contributed by atoms with van der Waals surface area (Å²) in [5, 5.41) is 49.9. The van der Waals surface area contributed by atoms with E-state index in [9.17, 15) is 24.0 Å². The number of ether oxygens (including phenoxy) is 8. The van der Waals surface area contributed by atoms with Crippen molar-refractivity contribution in [2.24, 2.45) is 0 Å². The second-order valence-corrected chi connectivity index (χ2v) is 35.1. The van der Waals surface area contributed by atoms with Crippen molar-refractivity contribution in [2.75, 3.05) is 172 Å². The van der Waals surface area contributed by atoms with E-state index in [2.05, 4.69) is 170 Å². The molecule has 742 valence electrons. The highest BCUT2D eigenvalue weighted by atomic mass is 79.9. The van der Waals surface area contributed by atoms with Crippen molar-refractivity contribution in [3.8, 4) is 0 Å². The number of aliphatic hydroxyl groups excluding tert-OH is 2. The molecule has 0 saturated carbocycles. The van der Waals surface area contributed by atoms with Crippen molar-refractivity contribution in [3.05, 3.63) is 282 Å². The van der Waals surface area contributed by atoms with Gasteiger partial charge in [-0.05, 0) is 256 Å². The van der Waals surface area contributed by atoms with E-state index in [-0.39, 0.29) is 42.6 Å². The van der Waals surface area contributed by atoms with Crippen molar-refractivity contribution >= 4 is 74.3 Å². The number of pyridine rings is 1. The summed E-state index contributed by atoms with van der Waals surface area (Å²) in [7, 11) is 10.0. The van der Waals surface area contributed by atoms with Crippen molar-refractivity contribution in [2.45, 2.75) is 170 Å². The minimum Gasteiger partial charge on any atom is -0.478 e. The number of esters is 3. The molecule has 0 saturated heterocycles. The van der Waals surface area contributed by atoms with Crippen molar-refractivity contribution in [3.63, 3.8) is 0 Å². The Labute approximate surface area is 820 Å². The minimum absolute atomic E-state index is 0.116. The van der Waals surface area contributed by atoms with E-state index >= 15 is 0 Å². The van der Waals surface area contributed by atoms with Crippen LogP contribution in [0.5, 0.6) is 0 Å². The Hall–Kier alpha value is -12.1. The Bertz CT molecular complexity index is 5600. The van der Waals surface area contributed by atoms with Crippen LogP contribution in [0.2, 0.25) is 0 Å². The van der Waals surface area contributed by atoms with Gasteiger partial charge in [0.2, 0.25) is 0 Å². The molecule has 7 N–H and O–H groups in total. The lowest BCUT2D eigenvalue weighted by atomic mass is 9.90. The third-order valence-corrected chi connectivity index (χ3v) is 24.8. The number of anilines is 5. The molecule has 32 heteroatoms. The number of carbonyl (C=O) groups excluding carboxylic acids is 4. The number of nitrogens with two attached hydrogens (primary N) is 1. The van der Waals surface area contributed by atoms with Crippen LogP contribution in [-0.4, -0.2) is 236 Å². The molecular weight excluding hydrogens is 1820 g/mol. The van der Waals surface area contributed by atoms with E-state index < -0.39 is 5.97 Å². The Kier molecular flexibility index (Phi) is 45.3. The van der Waals surface area contributed by atoms with Crippen LogP contribution in [-0.2, 0) is 129 Å². The third-order valence-electron chi connectivity index (χ3n) is 24.5. The molecule has 17 rings (SSSR count). The quantitative estimate of drug-likeness (QED) is 0.0133. The molecule has 4 aliphatic heterocycles.